The number of ether oxygens (including phenoxy) is 1. The molecule has 1 heterocycles. The summed E-state index contributed by atoms with van der Waals surface area (Å²) in [6.45, 7) is 7.18. The average molecular weight is 228 g/mol. The van der Waals surface area contributed by atoms with Crippen LogP contribution in [0.3, 0.4) is 0 Å². The Bertz CT molecular complexity index is 338. The first kappa shape index (κ1) is 12.5. The van der Waals surface area contributed by atoms with Crippen molar-refractivity contribution in [3.05, 3.63) is 35.4 Å². The van der Waals surface area contributed by atoms with Crippen molar-refractivity contribution < 1.29 is 4.74 Å². The van der Waals surface area contributed by atoms with Crippen LogP contribution in [-0.2, 0) is 4.74 Å². The fraction of sp³-hybridized carbons (Fsp3) is 0.500. The van der Waals surface area contributed by atoms with Crippen LogP contribution >= 0.6 is 12.4 Å². The number of aryl methyl sites for hydroxylation is 1. The third-order valence-corrected chi connectivity index (χ3v) is 2.48. The average Bonchev–Trinajstić information content (AvgIpc) is 2.46. The standard InChI is InChI=1S/C12H17NO.ClH/c1-9-5-4-6-10(7-9)11-13-12(2,3)8-14-11;/h4-7,11,13H,8H2,1-3H3;1H. The molecule has 1 aromatic rings. The fourth-order valence-electron chi connectivity index (χ4n) is 1.74. The van der Waals surface area contributed by atoms with E-state index in [9.17, 15) is 0 Å². The van der Waals surface area contributed by atoms with E-state index in [0.29, 0.717) is 0 Å². The van der Waals surface area contributed by atoms with Gasteiger partial charge < -0.3 is 4.74 Å². The summed E-state index contributed by atoms with van der Waals surface area (Å²) >= 11 is 0. The Morgan fingerprint density at radius 3 is 2.67 bits per heavy atom. The van der Waals surface area contributed by atoms with E-state index in [2.05, 4.69) is 50.4 Å². The van der Waals surface area contributed by atoms with Crippen LogP contribution in [0.4, 0.5) is 0 Å². The minimum absolute atomic E-state index is 0. The lowest BCUT2D eigenvalue weighted by atomic mass is 10.1. The lowest BCUT2D eigenvalue weighted by Gasteiger charge is -2.17. The van der Waals surface area contributed by atoms with Gasteiger partial charge in [0.1, 0.15) is 6.23 Å². The van der Waals surface area contributed by atoms with Crippen LogP contribution in [-0.4, -0.2) is 12.1 Å². The van der Waals surface area contributed by atoms with Gasteiger partial charge in [-0.1, -0.05) is 29.8 Å². The van der Waals surface area contributed by atoms with Crippen molar-refractivity contribution in [3.8, 4) is 0 Å². The summed E-state index contributed by atoms with van der Waals surface area (Å²) in [5.74, 6) is 0. The van der Waals surface area contributed by atoms with Gasteiger partial charge in [-0.2, -0.15) is 0 Å². The van der Waals surface area contributed by atoms with Gasteiger partial charge in [0.15, 0.2) is 0 Å². The third kappa shape index (κ3) is 2.94. The Morgan fingerprint density at radius 2 is 2.13 bits per heavy atom. The van der Waals surface area contributed by atoms with Gasteiger partial charge in [-0.3, -0.25) is 5.32 Å². The molecule has 0 saturated carbocycles. The van der Waals surface area contributed by atoms with E-state index < -0.39 is 0 Å². The second kappa shape index (κ2) is 4.52. The highest BCUT2D eigenvalue weighted by molar-refractivity contribution is 5.85. The molecule has 2 rings (SSSR count). The predicted molar refractivity (Wildman–Crippen MR) is 64.3 cm³/mol. The molecule has 0 spiro atoms. The number of benzene rings is 1. The van der Waals surface area contributed by atoms with Crippen LogP contribution in [0.15, 0.2) is 24.3 Å². The van der Waals surface area contributed by atoms with E-state index in [0.717, 1.165) is 6.61 Å². The van der Waals surface area contributed by atoms with E-state index in [4.69, 9.17) is 4.74 Å². The molecule has 15 heavy (non-hydrogen) atoms. The molecule has 1 saturated heterocycles. The minimum atomic E-state index is 0. The highest BCUT2D eigenvalue weighted by atomic mass is 35.5. The van der Waals surface area contributed by atoms with Crippen LogP contribution in [0.2, 0.25) is 0 Å². The van der Waals surface area contributed by atoms with Crippen molar-refractivity contribution in [2.75, 3.05) is 6.61 Å². The summed E-state index contributed by atoms with van der Waals surface area (Å²) in [4.78, 5) is 0. The zero-order chi connectivity index (χ0) is 10.2. The molecule has 2 nitrogen and oxygen atoms in total. The quantitative estimate of drug-likeness (QED) is 0.797. The molecule has 1 aromatic carbocycles. The molecular weight excluding hydrogens is 210 g/mol. The van der Waals surface area contributed by atoms with Crippen molar-refractivity contribution in [1.29, 1.82) is 0 Å². The molecule has 1 fully saturated rings. The van der Waals surface area contributed by atoms with Crippen LogP contribution in [0.25, 0.3) is 0 Å². The van der Waals surface area contributed by atoms with E-state index in [1.807, 2.05) is 0 Å². The Balaban J connectivity index is 0.00000112. The van der Waals surface area contributed by atoms with Crippen molar-refractivity contribution in [1.82, 2.24) is 5.32 Å². The molecule has 0 aromatic heterocycles. The summed E-state index contributed by atoms with van der Waals surface area (Å²) in [5.41, 5.74) is 2.59. The summed E-state index contributed by atoms with van der Waals surface area (Å²) in [7, 11) is 0. The SMILES string of the molecule is Cc1cccc(C2NC(C)(C)CO2)c1.Cl. The normalized spacial score (nSPS) is 23.5. The monoisotopic (exact) mass is 227 g/mol. The van der Waals surface area contributed by atoms with Gasteiger partial charge >= 0.3 is 0 Å². The largest absolute Gasteiger partial charge is 0.357 e. The lowest BCUT2D eigenvalue weighted by molar-refractivity contribution is 0.0989. The Hall–Kier alpha value is -0.570. The number of hydrogen-bond acceptors (Lipinski definition) is 2. The maximum absolute atomic E-state index is 5.70. The number of halogens is 1. The molecule has 1 aliphatic rings. The highest BCUT2D eigenvalue weighted by Crippen LogP contribution is 2.25. The van der Waals surface area contributed by atoms with E-state index in [-0.39, 0.29) is 24.2 Å². The molecule has 3 heteroatoms. The number of rotatable bonds is 1. The molecule has 0 radical (unpaired) electrons. The molecule has 1 aliphatic heterocycles. The van der Waals surface area contributed by atoms with Crippen LogP contribution in [0.5, 0.6) is 0 Å². The second-order valence-electron chi connectivity index (χ2n) is 4.63. The van der Waals surface area contributed by atoms with Gasteiger partial charge in [-0.15, -0.1) is 12.4 Å². The van der Waals surface area contributed by atoms with Crippen molar-refractivity contribution in [3.63, 3.8) is 0 Å². The summed E-state index contributed by atoms with van der Waals surface area (Å²) in [6.07, 6.45) is 0.0601. The smallest absolute Gasteiger partial charge is 0.134 e. The molecule has 1 N–H and O–H groups in total. The first-order valence-electron chi connectivity index (χ1n) is 5.03. The first-order valence-corrected chi connectivity index (χ1v) is 5.03. The van der Waals surface area contributed by atoms with Gasteiger partial charge in [0, 0.05) is 5.54 Å². The van der Waals surface area contributed by atoms with E-state index in [1.54, 1.807) is 0 Å². The highest BCUT2D eigenvalue weighted by Gasteiger charge is 2.31. The molecule has 1 atom stereocenters. The predicted octanol–water partition coefficient (Wildman–Crippen LogP) is 2.81. The minimum Gasteiger partial charge on any atom is -0.357 e. The second-order valence-corrected chi connectivity index (χ2v) is 4.63. The molecule has 84 valence electrons. The molecule has 0 aliphatic carbocycles. The number of hydrogen-bond donors (Lipinski definition) is 1. The Kier molecular flexibility index (Phi) is 3.77. The van der Waals surface area contributed by atoms with Gasteiger partial charge in [0.25, 0.3) is 0 Å². The summed E-state index contributed by atoms with van der Waals surface area (Å²) in [6, 6.07) is 8.44. The molecule has 1 unspecified atom stereocenters. The Morgan fingerprint density at radius 1 is 1.40 bits per heavy atom. The van der Waals surface area contributed by atoms with Crippen molar-refractivity contribution in [2.45, 2.75) is 32.5 Å². The van der Waals surface area contributed by atoms with Gasteiger partial charge in [-0.25, -0.2) is 0 Å². The maximum atomic E-state index is 5.70. The number of nitrogens with one attached hydrogen (secondary N) is 1. The fourth-order valence-corrected chi connectivity index (χ4v) is 1.74. The van der Waals surface area contributed by atoms with Gasteiger partial charge in [0.05, 0.1) is 6.61 Å². The Labute approximate surface area is 97.4 Å². The van der Waals surface area contributed by atoms with Crippen LogP contribution < -0.4 is 5.32 Å². The van der Waals surface area contributed by atoms with Crippen LogP contribution in [0, 0.1) is 6.92 Å². The third-order valence-electron chi connectivity index (χ3n) is 2.48. The summed E-state index contributed by atoms with van der Waals surface area (Å²) in [5, 5.41) is 3.45. The molecule has 0 bridgehead atoms. The van der Waals surface area contributed by atoms with Gasteiger partial charge in [0.2, 0.25) is 0 Å². The van der Waals surface area contributed by atoms with Gasteiger partial charge in [-0.05, 0) is 26.3 Å². The lowest BCUT2D eigenvalue weighted by Crippen LogP contribution is -2.35. The maximum Gasteiger partial charge on any atom is 0.134 e. The topological polar surface area (TPSA) is 21.3 Å². The van der Waals surface area contributed by atoms with Crippen molar-refractivity contribution >= 4 is 12.4 Å². The van der Waals surface area contributed by atoms with E-state index in [1.165, 1.54) is 11.1 Å². The van der Waals surface area contributed by atoms with Crippen LogP contribution in [0.1, 0.15) is 31.2 Å². The van der Waals surface area contributed by atoms with E-state index >= 15 is 0 Å². The molecule has 0 amide bonds. The summed E-state index contributed by atoms with van der Waals surface area (Å²) < 4.78 is 5.70. The van der Waals surface area contributed by atoms with Crippen molar-refractivity contribution in [2.24, 2.45) is 0 Å². The molecular formula is C12H18ClNO. The zero-order valence-electron chi connectivity index (χ0n) is 9.41. The zero-order valence-corrected chi connectivity index (χ0v) is 10.2. The first-order chi connectivity index (χ1) is 6.57.